The van der Waals surface area contributed by atoms with Gasteiger partial charge < -0.3 is 19.8 Å². The molecule has 2 aromatic rings. The summed E-state index contributed by atoms with van der Waals surface area (Å²) in [6.07, 6.45) is 6.88. The molecule has 3 saturated heterocycles. The molecule has 10 heteroatoms. The van der Waals surface area contributed by atoms with Crippen LogP contribution in [0.2, 0.25) is 5.15 Å². The molecule has 3 aliphatic heterocycles. The number of rotatable bonds is 5. The second kappa shape index (κ2) is 8.20. The molecule has 8 nitrogen and oxygen atoms in total. The highest BCUT2D eigenvalue weighted by atomic mass is 35.5. The van der Waals surface area contributed by atoms with Crippen LogP contribution in [0.5, 0.6) is 6.01 Å². The van der Waals surface area contributed by atoms with Gasteiger partial charge in [0, 0.05) is 25.3 Å². The van der Waals surface area contributed by atoms with Gasteiger partial charge in [-0.05, 0) is 52.0 Å². The molecule has 3 fully saturated rings. The number of aliphatic hydroxyl groups excluding tert-OH is 1. The number of hydrogen-bond donors (Lipinski definition) is 2. The van der Waals surface area contributed by atoms with Crippen LogP contribution in [0.4, 0.5) is 10.2 Å². The number of pyridine rings is 1. The second-order valence-electron chi connectivity index (χ2n) is 9.66. The normalized spacial score (nSPS) is 30.8. The van der Waals surface area contributed by atoms with Crippen LogP contribution < -0.4 is 9.64 Å². The van der Waals surface area contributed by atoms with Crippen molar-refractivity contribution in [1.82, 2.24) is 19.9 Å². The van der Waals surface area contributed by atoms with E-state index in [1.807, 2.05) is 4.90 Å². The Morgan fingerprint density at radius 1 is 1.25 bits per heavy atom. The summed E-state index contributed by atoms with van der Waals surface area (Å²) in [7, 11) is 0. The molecule has 0 amide bonds. The first-order valence-electron chi connectivity index (χ1n) is 11.3. The molecular formula is C22H29ClFN5O3. The van der Waals surface area contributed by atoms with E-state index in [4.69, 9.17) is 16.3 Å². The molecule has 2 aromatic heterocycles. The summed E-state index contributed by atoms with van der Waals surface area (Å²) in [5.74, 6) is -0.211. The van der Waals surface area contributed by atoms with Gasteiger partial charge in [-0.2, -0.15) is 9.97 Å². The predicted molar refractivity (Wildman–Crippen MR) is 119 cm³/mol. The zero-order valence-electron chi connectivity index (χ0n) is 18.2. The number of anilines is 1. The van der Waals surface area contributed by atoms with Crippen LogP contribution in [0, 0.1) is 5.82 Å². The Morgan fingerprint density at radius 2 is 2.06 bits per heavy atom. The van der Waals surface area contributed by atoms with E-state index in [1.165, 1.54) is 6.20 Å². The maximum absolute atomic E-state index is 14.9. The molecule has 0 aliphatic carbocycles. The van der Waals surface area contributed by atoms with Crippen molar-refractivity contribution in [3.05, 3.63) is 17.2 Å². The minimum atomic E-state index is -0.860. The predicted octanol–water partition coefficient (Wildman–Crippen LogP) is 2.54. The lowest BCUT2D eigenvalue weighted by atomic mass is 9.95. The zero-order valence-corrected chi connectivity index (χ0v) is 19.0. The average Bonchev–Trinajstić information content (AvgIpc) is 3.33. The van der Waals surface area contributed by atoms with Crippen molar-refractivity contribution in [2.24, 2.45) is 0 Å². The Hall–Kier alpha value is -1.81. The van der Waals surface area contributed by atoms with E-state index in [9.17, 15) is 14.6 Å². The maximum atomic E-state index is 14.9. The van der Waals surface area contributed by atoms with Gasteiger partial charge in [0.1, 0.15) is 17.9 Å². The molecule has 0 radical (unpaired) electrons. The third-order valence-electron chi connectivity index (χ3n) is 7.29. The van der Waals surface area contributed by atoms with Crippen LogP contribution in [0.3, 0.4) is 0 Å². The van der Waals surface area contributed by atoms with Gasteiger partial charge in [-0.15, -0.1) is 0 Å². The minimum absolute atomic E-state index is 0.0654. The van der Waals surface area contributed by atoms with Crippen molar-refractivity contribution in [3.63, 3.8) is 0 Å². The molecule has 3 atom stereocenters. The van der Waals surface area contributed by atoms with Crippen LogP contribution in [0.25, 0.3) is 10.9 Å². The number of fused-ring (bicyclic) bond motifs is 2. The molecule has 32 heavy (non-hydrogen) atoms. The number of halogens is 2. The molecule has 0 saturated carbocycles. The first-order chi connectivity index (χ1) is 15.3. The van der Waals surface area contributed by atoms with E-state index in [1.54, 1.807) is 6.92 Å². The number of ether oxygens (including phenoxy) is 1. The van der Waals surface area contributed by atoms with Crippen LogP contribution in [0.15, 0.2) is 6.20 Å². The summed E-state index contributed by atoms with van der Waals surface area (Å²) in [5.41, 5.74) is -0.938. The van der Waals surface area contributed by atoms with E-state index < -0.39 is 11.4 Å². The molecule has 2 N–H and O–H groups in total. The number of aliphatic hydroxyl groups is 2. The fourth-order valence-corrected chi connectivity index (χ4v) is 5.85. The van der Waals surface area contributed by atoms with Crippen LogP contribution in [-0.4, -0.2) is 80.1 Å². The van der Waals surface area contributed by atoms with Gasteiger partial charge in [0.25, 0.3) is 0 Å². The number of nitrogens with zero attached hydrogens (tertiary/aromatic N) is 5. The summed E-state index contributed by atoms with van der Waals surface area (Å²) < 4.78 is 21.0. The van der Waals surface area contributed by atoms with Gasteiger partial charge in [-0.3, -0.25) is 4.90 Å². The van der Waals surface area contributed by atoms with Crippen LogP contribution in [0.1, 0.15) is 45.4 Å². The van der Waals surface area contributed by atoms with Gasteiger partial charge in [-0.1, -0.05) is 11.6 Å². The lowest BCUT2D eigenvalue weighted by Gasteiger charge is -2.38. The molecule has 5 rings (SSSR count). The second-order valence-corrected chi connectivity index (χ2v) is 10.0. The Labute approximate surface area is 191 Å². The molecule has 174 valence electrons. The van der Waals surface area contributed by atoms with Crippen LogP contribution in [-0.2, 0) is 0 Å². The quantitative estimate of drug-likeness (QED) is 0.650. The van der Waals surface area contributed by atoms with Crippen LogP contribution >= 0.6 is 11.6 Å². The molecule has 0 aromatic carbocycles. The molecule has 3 aliphatic rings. The Bertz CT molecular complexity index is 1020. The highest BCUT2D eigenvalue weighted by molar-refractivity contribution is 6.30. The van der Waals surface area contributed by atoms with Crippen molar-refractivity contribution >= 4 is 28.3 Å². The fourth-order valence-electron chi connectivity index (χ4n) is 5.71. The smallest absolute Gasteiger partial charge is 0.319 e. The SMILES string of the molecule is C[C@@]1(O)CCCN(c2nc(OC[C@@]34CCCN3[C@H](CO)CC4)nc3c(F)c(Cl)ncc23)C1. The third-order valence-corrected chi connectivity index (χ3v) is 7.55. The molecular weight excluding hydrogens is 437 g/mol. The maximum Gasteiger partial charge on any atom is 0.319 e. The van der Waals surface area contributed by atoms with E-state index in [-0.39, 0.29) is 34.9 Å². The lowest BCUT2D eigenvalue weighted by Crippen LogP contribution is -2.47. The summed E-state index contributed by atoms with van der Waals surface area (Å²) >= 11 is 5.94. The van der Waals surface area contributed by atoms with Crippen molar-refractivity contribution in [1.29, 1.82) is 0 Å². The van der Waals surface area contributed by atoms with Crippen molar-refractivity contribution in [2.75, 3.05) is 37.7 Å². The third kappa shape index (κ3) is 3.79. The molecule has 0 spiro atoms. The Kier molecular flexibility index (Phi) is 5.64. The van der Waals surface area contributed by atoms with Gasteiger partial charge in [-0.25, -0.2) is 9.37 Å². The van der Waals surface area contributed by atoms with Gasteiger partial charge in [0.15, 0.2) is 11.0 Å². The first-order valence-corrected chi connectivity index (χ1v) is 11.7. The zero-order chi connectivity index (χ0) is 22.5. The number of piperidine rings is 1. The summed E-state index contributed by atoms with van der Waals surface area (Å²) in [6, 6.07) is 0.250. The van der Waals surface area contributed by atoms with E-state index >= 15 is 0 Å². The standard InChI is InChI=1S/C22H29ClFN5O3/c1-21(31)5-2-8-28(12-21)19-15-10-25-18(23)16(24)17(15)26-20(27-19)32-13-22-6-3-9-29(22)14(11-30)4-7-22/h10,14,30-31H,2-9,11-13H2,1H3/t14-,21+,22-/m0/s1. The van der Waals surface area contributed by atoms with Gasteiger partial charge in [0.2, 0.25) is 0 Å². The number of β-amino-alcohol motifs (C(OH)–C–C–N with tert-alkyl or cyclic N) is 1. The van der Waals surface area contributed by atoms with Gasteiger partial charge in [0.05, 0.1) is 23.1 Å². The highest BCUT2D eigenvalue weighted by Crippen LogP contribution is 2.42. The Balaban J connectivity index is 1.49. The minimum Gasteiger partial charge on any atom is -0.461 e. The van der Waals surface area contributed by atoms with Gasteiger partial charge >= 0.3 is 6.01 Å². The van der Waals surface area contributed by atoms with Crippen molar-refractivity contribution in [3.8, 4) is 6.01 Å². The highest BCUT2D eigenvalue weighted by Gasteiger charge is 2.49. The van der Waals surface area contributed by atoms with Crippen molar-refractivity contribution in [2.45, 2.75) is 62.6 Å². The number of hydrogen-bond acceptors (Lipinski definition) is 8. The largest absolute Gasteiger partial charge is 0.461 e. The molecule has 0 unspecified atom stereocenters. The average molecular weight is 466 g/mol. The summed E-state index contributed by atoms with van der Waals surface area (Å²) in [6.45, 7) is 4.31. The van der Waals surface area contributed by atoms with E-state index in [2.05, 4.69) is 19.9 Å². The summed E-state index contributed by atoms with van der Waals surface area (Å²) in [5, 5.41) is 20.5. The Morgan fingerprint density at radius 3 is 2.84 bits per heavy atom. The van der Waals surface area contributed by atoms with E-state index in [0.717, 1.165) is 38.6 Å². The topological polar surface area (TPSA) is 94.8 Å². The lowest BCUT2D eigenvalue weighted by molar-refractivity contribution is 0.0446. The summed E-state index contributed by atoms with van der Waals surface area (Å²) in [4.78, 5) is 17.2. The fraction of sp³-hybridized carbons (Fsp3) is 0.682. The number of aromatic nitrogens is 3. The van der Waals surface area contributed by atoms with E-state index in [0.29, 0.717) is 37.3 Å². The molecule has 5 heterocycles. The monoisotopic (exact) mass is 465 g/mol. The van der Waals surface area contributed by atoms with Crippen molar-refractivity contribution < 1.29 is 19.3 Å². The molecule has 0 bridgehead atoms. The first kappa shape index (κ1) is 22.0.